The third kappa shape index (κ3) is 5.16. The largest absolute Gasteiger partial charge is 0.438 e. The summed E-state index contributed by atoms with van der Waals surface area (Å²) in [6, 6.07) is 15.5. The fraction of sp³-hybridized carbons (Fsp3) is 0.391. The summed E-state index contributed by atoms with van der Waals surface area (Å²) in [5.41, 5.74) is 0.107. The second kappa shape index (κ2) is 10.2. The average Bonchev–Trinajstić information content (AvgIpc) is 2.78. The molecule has 7 heteroatoms. The molecule has 1 aliphatic rings. The average molecular weight is 414 g/mol. The van der Waals surface area contributed by atoms with E-state index in [1.54, 1.807) is 24.1 Å². The Bertz CT molecular complexity index is 851. The van der Waals surface area contributed by atoms with Crippen LogP contribution in [0.15, 0.2) is 54.6 Å². The number of likely N-dealkylation sites (tertiary alicyclic amines) is 1. The van der Waals surface area contributed by atoms with Crippen molar-refractivity contribution in [2.45, 2.75) is 24.9 Å². The van der Waals surface area contributed by atoms with E-state index in [0.717, 1.165) is 5.56 Å². The van der Waals surface area contributed by atoms with Crippen LogP contribution in [0, 0.1) is 5.82 Å². The zero-order chi connectivity index (χ0) is 21.4. The molecule has 1 saturated heterocycles. The van der Waals surface area contributed by atoms with Crippen LogP contribution in [0.2, 0.25) is 0 Å². The lowest BCUT2D eigenvalue weighted by Crippen LogP contribution is -2.48. The summed E-state index contributed by atoms with van der Waals surface area (Å²) in [6.45, 7) is 1.73. The minimum absolute atomic E-state index is 0.0570. The zero-order valence-electron chi connectivity index (χ0n) is 17.1. The van der Waals surface area contributed by atoms with Gasteiger partial charge in [-0.05, 0) is 24.1 Å². The molecule has 30 heavy (non-hydrogen) atoms. The number of carbonyl (C=O) groups excluding carboxylic acids is 2. The van der Waals surface area contributed by atoms with Gasteiger partial charge in [0.05, 0.1) is 5.56 Å². The van der Waals surface area contributed by atoms with Crippen molar-refractivity contribution < 1.29 is 23.5 Å². The van der Waals surface area contributed by atoms with Crippen molar-refractivity contribution in [3.63, 3.8) is 0 Å². The predicted molar refractivity (Wildman–Crippen MR) is 111 cm³/mol. The molecule has 6 nitrogen and oxygen atoms in total. The van der Waals surface area contributed by atoms with Crippen LogP contribution in [0.3, 0.4) is 0 Å². The molecule has 2 amide bonds. The molecular formula is C23H27FN2O4. The van der Waals surface area contributed by atoms with Gasteiger partial charge in [0.25, 0.3) is 5.91 Å². The number of nitrogens with one attached hydrogen (secondary N) is 1. The molecular weight excluding hydrogens is 387 g/mol. The number of hydrogen-bond donors (Lipinski definition) is 1. The van der Waals surface area contributed by atoms with Crippen molar-refractivity contribution in [1.82, 2.24) is 10.2 Å². The van der Waals surface area contributed by atoms with Gasteiger partial charge in [-0.15, -0.1) is 0 Å². The predicted octanol–water partition coefficient (Wildman–Crippen LogP) is 3.72. The molecule has 0 aromatic heterocycles. The van der Waals surface area contributed by atoms with Crippen LogP contribution in [0.1, 0.15) is 35.2 Å². The third-order valence-electron chi connectivity index (χ3n) is 5.35. The lowest BCUT2D eigenvalue weighted by molar-refractivity contribution is -0.0358. The van der Waals surface area contributed by atoms with Crippen LogP contribution < -0.4 is 5.32 Å². The van der Waals surface area contributed by atoms with E-state index in [0.29, 0.717) is 45.5 Å². The summed E-state index contributed by atoms with van der Waals surface area (Å²) >= 11 is 0. The lowest BCUT2D eigenvalue weighted by Gasteiger charge is -2.41. The number of rotatable bonds is 7. The third-order valence-corrected chi connectivity index (χ3v) is 5.35. The molecule has 1 heterocycles. The summed E-state index contributed by atoms with van der Waals surface area (Å²) in [6.07, 6.45) is 1.06. The minimum atomic E-state index is -0.835. The van der Waals surface area contributed by atoms with Crippen molar-refractivity contribution in [2.75, 3.05) is 33.4 Å². The second-order valence-electron chi connectivity index (χ2n) is 7.30. The molecule has 0 atom stereocenters. The highest BCUT2D eigenvalue weighted by atomic mass is 19.1. The number of alkyl carbamates (subject to hydrolysis) is 1. The van der Waals surface area contributed by atoms with Gasteiger partial charge in [0.1, 0.15) is 11.4 Å². The van der Waals surface area contributed by atoms with Crippen LogP contribution in [0.25, 0.3) is 0 Å². The molecule has 0 aliphatic carbocycles. The van der Waals surface area contributed by atoms with Gasteiger partial charge in [0.2, 0.25) is 0 Å². The fourth-order valence-corrected chi connectivity index (χ4v) is 3.69. The highest BCUT2D eigenvalue weighted by Gasteiger charge is 2.41. The maximum absolute atomic E-state index is 14.0. The Morgan fingerprint density at radius 1 is 1.07 bits per heavy atom. The van der Waals surface area contributed by atoms with E-state index in [2.05, 4.69) is 5.32 Å². The highest BCUT2D eigenvalue weighted by molar-refractivity contribution is 5.94. The standard InChI is InChI=1S/C23H27FN2O4/c1-29-17-7-14-25-22(28)30-23(18-8-3-2-4-9-18)12-15-26(16-13-23)21(27)19-10-5-6-11-20(19)24/h2-6,8-11H,7,12-17H2,1H3,(H,25,28). The van der Waals surface area contributed by atoms with E-state index < -0.39 is 17.5 Å². The Hall–Kier alpha value is -2.93. The molecule has 2 aromatic carbocycles. The van der Waals surface area contributed by atoms with E-state index in [-0.39, 0.29) is 11.5 Å². The smallest absolute Gasteiger partial charge is 0.408 e. The number of nitrogens with zero attached hydrogens (tertiary/aromatic N) is 1. The van der Waals surface area contributed by atoms with Crippen LogP contribution in [-0.2, 0) is 15.1 Å². The first-order valence-electron chi connectivity index (χ1n) is 10.1. The molecule has 0 radical (unpaired) electrons. The molecule has 1 fully saturated rings. The van der Waals surface area contributed by atoms with E-state index in [1.807, 2.05) is 30.3 Å². The van der Waals surface area contributed by atoms with E-state index in [4.69, 9.17) is 9.47 Å². The molecule has 2 aromatic rings. The summed E-state index contributed by atoms with van der Waals surface area (Å²) in [5.74, 6) is -0.882. The molecule has 1 aliphatic heterocycles. The van der Waals surface area contributed by atoms with Gasteiger partial charge in [-0.1, -0.05) is 42.5 Å². The number of hydrogen-bond acceptors (Lipinski definition) is 4. The molecule has 0 saturated carbocycles. The zero-order valence-corrected chi connectivity index (χ0v) is 17.1. The first-order chi connectivity index (χ1) is 14.6. The maximum Gasteiger partial charge on any atom is 0.408 e. The molecule has 3 rings (SSSR count). The van der Waals surface area contributed by atoms with Crippen LogP contribution >= 0.6 is 0 Å². The summed E-state index contributed by atoms with van der Waals surface area (Å²) in [7, 11) is 1.61. The number of benzene rings is 2. The molecule has 160 valence electrons. The number of amides is 2. The van der Waals surface area contributed by atoms with Gasteiger partial charge in [-0.25, -0.2) is 9.18 Å². The van der Waals surface area contributed by atoms with E-state index >= 15 is 0 Å². The molecule has 0 bridgehead atoms. The second-order valence-corrected chi connectivity index (χ2v) is 7.30. The normalized spacial score (nSPS) is 15.5. The van der Waals surface area contributed by atoms with Crippen LogP contribution in [0.4, 0.5) is 9.18 Å². The van der Waals surface area contributed by atoms with Gasteiger partial charge in [0.15, 0.2) is 0 Å². The Morgan fingerprint density at radius 3 is 2.40 bits per heavy atom. The first kappa shape index (κ1) is 21.8. The van der Waals surface area contributed by atoms with Crippen molar-refractivity contribution in [3.8, 4) is 0 Å². The number of methoxy groups -OCH3 is 1. The quantitative estimate of drug-likeness (QED) is 0.702. The Balaban J connectivity index is 1.70. The lowest BCUT2D eigenvalue weighted by atomic mass is 9.84. The van der Waals surface area contributed by atoms with Crippen LogP contribution in [0.5, 0.6) is 0 Å². The maximum atomic E-state index is 14.0. The molecule has 0 unspecified atom stereocenters. The fourth-order valence-electron chi connectivity index (χ4n) is 3.69. The Kier molecular flexibility index (Phi) is 7.41. The monoisotopic (exact) mass is 414 g/mol. The van der Waals surface area contributed by atoms with Crippen LogP contribution in [-0.4, -0.2) is 50.3 Å². The molecule has 0 spiro atoms. The summed E-state index contributed by atoms with van der Waals surface area (Å²) in [4.78, 5) is 26.8. The van der Waals surface area contributed by atoms with E-state index in [9.17, 15) is 14.0 Å². The topological polar surface area (TPSA) is 67.9 Å². The van der Waals surface area contributed by atoms with Gasteiger partial charge < -0.3 is 19.7 Å². The SMILES string of the molecule is COCCCNC(=O)OC1(c2ccccc2)CCN(C(=O)c2ccccc2F)CC1. The molecule has 1 N–H and O–H groups in total. The van der Waals surface area contributed by atoms with Gasteiger partial charge in [0, 0.05) is 46.2 Å². The van der Waals surface area contributed by atoms with Crippen molar-refractivity contribution in [3.05, 3.63) is 71.5 Å². The van der Waals surface area contributed by atoms with E-state index in [1.165, 1.54) is 12.1 Å². The number of halogens is 1. The van der Waals surface area contributed by atoms with Gasteiger partial charge in [-0.3, -0.25) is 4.79 Å². The van der Waals surface area contributed by atoms with Gasteiger partial charge in [-0.2, -0.15) is 0 Å². The van der Waals surface area contributed by atoms with Crippen molar-refractivity contribution >= 4 is 12.0 Å². The minimum Gasteiger partial charge on any atom is -0.438 e. The number of ether oxygens (including phenoxy) is 2. The first-order valence-corrected chi connectivity index (χ1v) is 10.1. The summed E-state index contributed by atoms with van der Waals surface area (Å²) < 4.78 is 24.9. The number of piperidine rings is 1. The number of carbonyl (C=O) groups is 2. The van der Waals surface area contributed by atoms with Crippen molar-refractivity contribution in [2.24, 2.45) is 0 Å². The Labute approximate surface area is 176 Å². The van der Waals surface area contributed by atoms with Crippen molar-refractivity contribution in [1.29, 1.82) is 0 Å². The summed E-state index contributed by atoms with van der Waals surface area (Å²) in [5, 5.41) is 2.76. The highest BCUT2D eigenvalue weighted by Crippen LogP contribution is 2.37. The Morgan fingerprint density at radius 2 is 1.73 bits per heavy atom. The van der Waals surface area contributed by atoms with Gasteiger partial charge >= 0.3 is 6.09 Å².